The summed E-state index contributed by atoms with van der Waals surface area (Å²) in [6.07, 6.45) is -0.333. The number of sulfonamides is 1. The van der Waals surface area contributed by atoms with E-state index in [0.717, 1.165) is 6.07 Å². The molecule has 2 rings (SSSR count). The minimum atomic E-state index is -4.00. The van der Waals surface area contributed by atoms with Gasteiger partial charge in [-0.25, -0.2) is 12.8 Å². The lowest BCUT2D eigenvalue weighted by Gasteiger charge is -2.08. The Hall–Kier alpha value is -3.01. The number of nitro benzene ring substituents is 1. The van der Waals surface area contributed by atoms with Gasteiger partial charge in [0.25, 0.3) is 5.69 Å². The molecule has 0 atom stereocenters. The number of ether oxygens (including phenoxy) is 1. The number of rotatable bonds is 7. The van der Waals surface area contributed by atoms with Crippen molar-refractivity contribution in [1.29, 1.82) is 0 Å². The molecule has 2 aromatic carbocycles. The number of carbonyl (C=O) groups excluding carboxylic acids is 1. The van der Waals surface area contributed by atoms with Gasteiger partial charge < -0.3 is 4.74 Å². The summed E-state index contributed by atoms with van der Waals surface area (Å²) in [5, 5.41) is 10.6. The summed E-state index contributed by atoms with van der Waals surface area (Å²) in [7, 11) is -2.70. The van der Waals surface area contributed by atoms with Crippen molar-refractivity contribution in [1.82, 2.24) is 4.72 Å². The minimum Gasteiger partial charge on any atom is -0.494 e. The second-order valence-electron chi connectivity index (χ2n) is 5.35. The van der Waals surface area contributed by atoms with E-state index in [9.17, 15) is 27.7 Å². The fourth-order valence-electron chi connectivity index (χ4n) is 2.18. The van der Waals surface area contributed by atoms with Crippen LogP contribution in [0.4, 0.5) is 10.1 Å². The molecule has 0 aliphatic carbocycles. The lowest BCUT2D eigenvalue weighted by molar-refractivity contribution is -0.384. The smallest absolute Gasteiger partial charge is 0.269 e. The van der Waals surface area contributed by atoms with Gasteiger partial charge in [0.15, 0.2) is 11.6 Å². The van der Waals surface area contributed by atoms with Gasteiger partial charge in [-0.1, -0.05) is 18.2 Å². The van der Waals surface area contributed by atoms with E-state index < -0.39 is 32.4 Å². The standard InChI is InChI=1S/C16H15FN2O6S/c1-25-15-7-4-12(8-14(15)17)9-16(20)18-26(23,24)10-11-2-5-13(6-3-11)19(21)22/h2-8H,9-10H2,1H3,(H,18,20). The van der Waals surface area contributed by atoms with Crippen molar-refractivity contribution in [2.45, 2.75) is 12.2 Å². The number of nitrogens with one attached hydrogen (secondary N) is 1. The Bertz CT molecular complexity index is 928. The molecule has 8 nitrogen and oxygen atoms in total. The Morgan fingerprint density at radius 2 is 1.81 bits per heavy atom. The molecular formula is C16H15FN2O6S. The van der Waals surface area contributed by atoms with Gasteiger partial charge in [0.1, 0.15) is 0 Å². The molecule has 0 radical (unpaired) electrons. The van der Waals surface area contributed by atoms with Crippen molar-refractivity contribution >= 4 is 21.6 Å². The number of nitro groups is 1. The molecule has 138 valence electrons. The zero-order chi connectivity index (χ0) is 19.3. The third-order valence-electron chi connectivity index (χ3n) is 3.35. The number of hydrogen-bond donors (Lipinski definition) is 1. The maximum absolute atomic E-state index is 13.6. The quantitative estimate of drug-likeness (QED) is 0.578. The summed E-state index contributed by atoms with van der Waals surface area (Å²) in [6, 6.07) is 8.80. The average molecular weight is 382 g/mol. The first-order chi connectivity index (χ1) is 12.2. The summed E-state index contributed by atoms with van der Waals surface area (Å²) in [6.45, 7) is 0. The second kappa shape index (κ2) is 7.91. The molecule has 0 saturated carbocycles. The van der Waals surface area contributed by atoms with Crippen LogP contribution in [0.15, 0.2) is 42.5 Å². The molecule has 0 aliphatic rings. The van der Waals surface area contributed by atoms with Gasteiger partial charge in [-0.3, -0.25) is 19.6 Å². The maximum Gasteiger partial charge on any atom is 0.269 e. The molecule has 0 fully saturated rings. The van der Waals surface area contributed by atoms with Crippen LogP contribution in [0, 0.1) is 15.9 Å². The molecule has 1 amide bonds. The fourth-order valence-corrected chi connectivity index (χ4v) is 3.31. The Kier molecular flexibility index (Phi) is 5.88. The van der Waals surface area contributed by atoms with Crippen LogP contribution in [0.25, 0.3) is 0 Å². The molecule has 0 heterocycles. The van der Waals surface area contributed by atoms with Gasteiger partial charge in [-0.15, -0.1) is 0 Å². The number of benzene rings is 2. The number of non-ortho nitro benzene ring substituents is 1. The zero-order valence-electron chi connectivity index (χ0n) is 13.6. The highest BCUT2D eigenvalue weighted by atomic mass is 32.2. The molecule has 0 saturated heterocycles. The number of amides is 1. The Morgan fingerprint density at radius 1 is 1.19 bits per heavy atom. The van der Waals surface area contributed by atoms with Crippen LogP contribution >= 0.6 is 0 Å². The maximum atomic E-state index is 13.6. The number of nitrogens with zero attached hydrogens (tertiary/aromatic N) is 1. The topological polar surface area (TPSA) is 116 Å². The van der Waals surface area contributed by atoms with Gasteiger partial charge in [-0.2, -0.15) is 0 Å². The Balaban J connectivity index is 2.00. The van der Waals surface area contributed by atoms with Gasteiger partial charge in [0.2, 0.25) is 15.9 Å². The Labute approximate surface area is 148 Å². The van der Waals surface area contributed by atoms with Crippen molar-refractivity contribution in [3.05, 3.63) is 69.5 Å². The van der Waals surface area contributed by atoms with E-state index >= 15 is 0 Å². The van der Waals surface area contributed by atoms with Crippen LogP contribution in [0.5, 0.6) is 5.75 Å². The fraction of sp³-hybridized carbons (Fsp3) is 0.188. The van der Waals surface area contributed by atoms with Crippen LogP contribution in [0.2, 0.25) is 0 Å². The summed E-state index contributed by atoms with van der Waals surface area (Å²) < 4.78 is 44.3. The molecule has 2 aromatic rings. The number of carbonyl (C=O) groups is 1. The molecule has 0 spiro atoms. The number of halogens is 1. The number of hydrogen-bond acceptors (Lipinski definition) is 6. The van der Waals surface area contributed by atoms with Gasteiger partial charge in [0, 0.05) is 12.1 Å². The SMILES string of the molecule is COc1ccc(CC(=O)NS(=O)(=O)Cc2ccc([N+](=O)[O-])cc2)cc1F. The molecule has 0 bridgehead atoms. The molecule has 0 aromatic heterocycles. The van der Waals surface area contributed by atoms with E-state index in [2.05, 4.69) is 0 Å². The minimum absolute atomic E-state index is 0.0138. The van der Waals surface area contributed by atoms with E-state index in [1.54, 1.807) is 0 Å². The van der Waals surface area contributed by atoms with Crippen molar-refractivity contribution in [2.24, 2.45) is 0 Å². The summed E-state index contributed by atoms with van der Waals surface area (Å²) >= 11 is 0. The van der Waals surface area contributed by atoms with Crippen LogP contribution in [-0.2, 0) is 27.0 Å². The largest absolute Gasteiger partial charge is 0.494 e. The second-order valence-corrected chi connectivity index (χ2v) is 7.08. The monoisotopic (exact) mass is 382 g/mol. The lowest BCUT2D eigenvalue weighted by Crippen LogP contribution is -2.32. The molecule has 1 N–H and O–H groups in total. The third-order valence-corrected chi connectivity index (χ3v) is 4.61. The van der Waals surface area contributed by atoms with Gasteiger partial charge in [-0.05, 0) is 23.3 Å². The van der Waals surface area contributed by atoms with Crippen LogP contribution < -0.4 is 9.46 Å². The van der Waals surface area contributed by atoms with E-state index in [1.807, 2.05) is 4.72 Å². The van der Waals surface area contributed by atoms with Gasteiger partial charge in [0.05, 0.1) is 24.2 Å². The molecule has 0 unspecified atom stereocenters. The molecular weight excluding hydrogens is 367 g/mol. The van der Waals surface area contributed by atoms with Crippen LogP contribution in [0.3, 0.4) is 0 Å². The first-order valence-electron chi connectivity index (χ1n) is 7.29. The predicted octanol–water partition coefficient (Wildman–Crippen LogP) is 1.93. The van der Waals surface area contributed by atoms with Crippen LogP contribution in [0.1, 0.15) is 11.1 Å². The van der Waals surface area contributed by atoms with E-state index in [1.165, 1.54) is 43.5 Å². The van der Waals surface area contributed by atoms with Gasteiger partial charge >= 0.3 is 0 Å². The highest BCUT2D eigenvalue weighted by Crippen LogP contribution is 2.18. The van der Waals surface area contributed by atoms with E-state index in [4.69, 9.17) is 4.74 Å². The highest BCUT2D eigenvalue weighted by molar-refractivity contribution is 7.89. The normalized spacial score (nSPS) is 11.0. The zero-order valence-corrected chi connectivity index (χ0v) is 14.5. The summed E-state index contributed by atoms with van der Waals surface area (Å²) in [5.41, 5.74) is 0.398. The van der Waals surface area contributed by atoms with Crippen LogP contribution in [-0.4, -0.2) is 26.4 Å². The first-order valence-corrected chi connectivity index (χ1v) is 8.94. The van der Waals surface area contributed by atoms with Crippen molar-refractivity contribution in [3.63, 3.8) is 0 Å². The number of methoxy groups -OCH3 is 1. The third kappa shape index (κ3) is 5.24. The van der Waals surface area contributed by atoms with Crippen molar-refractivity contribution in [3.8, 4) is 5.75 Å². The van der Waals surface area contributed by atoms with Crippen molar-refractivity contribution < 1.29 is 27.3 Å². The molecule has 10 heteroatoms. The first kappa shape index (κ1) is 19.3. The van der Waals surface area contributed by atoms with E-state index in [-0.39, 0.29) is 29.0 Å². The molecule has 0 aliphatic heterocycles. The summed E-state index contributed by atoms with van der Waals surface area (Å²) in [4.78, 5) is 21.9. The Morgan fingerprint density at radius 3 is 2.35 bits per heavy atom. The predicted molar refractivity (Wildman–Crippen MR) is 90.5 cm³/mol. The molecule has 26 heavy (non-hydrogen) atoms. The average Bonchev–Trinajstić information content (AvgIpc) is 2.54. The lowest BCUT2D eigenvalue weighted by atomic mass is 10.1. The van der Waals surface area contributed by atoms with Crippen molar-refractivity contribution in [2.75, 3.05) is 7.11 Å². The highest BCUT2D eigenvalue weighted by Gasteiger charge is 2.17. The van der Waals surface area contributed by atoms with E-state index in [0.29, 0.717) is 0 Å². The summed E-state index contributed by atoms with van der Waals surface area (Å²) in [5.74, 6) is -1.99.